The van der Waals surface area contributed by atoms with E-state index in [1.165, 1.54) is 238 Å². The van der Waals surface area contributed by atoms with Crippen LogP contribution in [0.3, 0.4) is 0 Å². The third-order valence-corrected chi connectivity index (χ3v) is 15.7. The zero-order valence-electron chi connectivity index (χ0n) is 53.8. The van der Waals surface area contributed by atoms with Crippen molar-refractivity contribution in [3.05, 3.63) is 36.5 Å². The molecule has 0 aliphatic heterocycles. The van der Waals surface area contributed by atoms with Crippen LogP contribution in [0.15, 0.2) is 36.5 Å². The number of carbonyl (C=O) groups is 3. The third kappa shape index (κ3) is 63.1. The second kappa shape index (κ2) is 62.6. The highest BCUT2D eigenvalue weighted by Gasteiger charge is 2.25. The minimum Gasteiger partial charge on any atom is -0.477 e. The van der Waals surface area contributed by atoms with E-state index in [0.29, 0.717) is 23.9 Å². The molecule has 1 N–H and O–H groups in total. The predicted octanol–water partition coefficient (Wildman–Crippen LogP) is 21.2. The van der Waals surface area contributed by atoms with E-state index in [0.717, 1.165) is 70.6 Å². The lowest BCUT2D eigenvalue weighted by molar-refractivity contribution is -0.870. The van der Waals surface area contributed by atoms with Gasteiger partial charge in [0.1, 0.15) is 13.2 Å². The van der Waals surface area contributed by atoms with Crippen LogP contribution in [0.4, 0.5) is 0 Å². The zero-order valence-corrected chi connectivity index (χ0v) is 53.8. The lowest BCUT2D eigenvalue weighted by Gasteiger charge is -2.25. The predicted molar refractivity (Wildman–Crippen MR) is 341 cm³/mol. The number of allylic oxidation sites excluding steroid dienone is 6. The number of nitrogens with zero attached hydrogens (tertiary/aromatic N) is 1. The first kappa shape index (κ1) is 77.5. The van der Waals surface area contributed by atoms with Gasteiger partial charge in [-0.2, -0.15) is 0 Å². The van der Waals surface area contributed by atoms with Crippen molar-refractivity contribution in [1.29, 1.82) is 0 Å². The summed E-state index contributed by atoms with van der Waals surface area (Å²) in [7, 11) is 5.97. The number of carboxylic acid groups (broad SMARTS) is 1. The fourth-order valence-electron chi connectivity index (χ4n) is 10.4. The van der Waals surface area contributed by atoms with Crippen LogP contribution in [0, 0.1) is 0 Å². The Balaban J connectivity index is 3.88. The molecular weight excluding hydrogens is 995 g/mol. The summed E-state index contributed by atoms with van der Waals surface area (Å²) >= 11 is 0. The summed E-state index contributed by atoms with van der Waals surface area (Å²) in [5.41, 5.74) is 0. The molecule has 0 saturated carbocycles. The summed E-state index contributed by atoms with van der Waals surface area (Å²) in [5.74, 6) is -2.01. The number of carbonyl (C=O) groups excluding carboxylic acids is 2. The standard InChI is InChI=1S/C71H133NO8/c1-6-8-10-12-14-16-18-20-22-23-24-25-26-27-28-29-30-31-32-33-34-35-36-37-38-39-40-41-42-43-44-45-46-48-49-51-53-55-57-59-61-68(73)78-65-67(66-79-71(70(75)76)77-64-63-72(3,4)5)80-69(74)62-60-58-56-54-52-50-47-21-19-17-15-13-11-9-7-2/h9,11,15,17,21,47,67,71H,6-8,10,12-14,16,18-20,22-46,48-66H2,1-5H3/p+1/b11-9-,17-15-,47-21-. The molecule has 0 bridgehead atoms. The Kier molecular flexibility index (Phi) is 60.6. The Labute approximate surface area is 496 Å². The van der Waals surface area contributed by atoms with Crippen molar-refractivity contribution in [1.82, 2.24) is 0 Å². The molecule has 0 radical (unpaired) electrons. The molecular formula is C71H134NO8+. The van der Waals surface area contributed by atoms with Crippen molar-refractivity contribution < 1.29 is 42.9 Å². The second-order valence-electron chi connectivity index (χ2n) is 24.8. The molecule has 2 unspecified atom stereocenters. The average molecular weight is 1130 g/mol. The van der Waals surface area contributed by atoms with Gasteiger partial charge in [-0.25, -0.2) is 4.79 Å². The molecule has 0 spiro atoms. The minimum absolute atomic E-state index is 0.185. The molecule has 0 aromatic carbocycles. The van der Waals surface area contributed by atoms with Gasteiger partial charge < -0.3 is 28.5 Å². The maximum atomic E-state index is 12.8. The number of hydrogen-bond donors (Lipinski definition) is 1. The van der Waals surface area contributed by atoms with Gasteiger partial charge in [-0.15, -0.1) is 0 Å². The van der Waals surface area contributed by atoms with E-state index in [2.05, 4.69) is 50.3 Å². The number of rotatable bonds is 65. The van der Waals surface area contributed by atoms with Crippen LogP contribution in [-0.4, -0.2) is 87.4 Å². The maximum absolute atomic E-state index is 12.8. The molecule has 9 nitrogen and oxygen atoms in total. The summed E-state index contributed by atoms with van der Waals surface area (Å²) < 4.78 is 22.9. The van der Waals surface area contributed by atoms with Crippen molar-refractivity contribution in [2.24, 2.45) is 0 Å². The first-order valence-electron chi connectivity index (χ1n) is 34.7. The molecule has 9 heteroatoms. The molecule has 0 aromatic heterocycles. The Morgan fingerprint density at radius 3 is 1.06 bits per heavy atom. The van der Waals surface area contributed by atoms with Crippen LogP contribution < -0.4 is 0 Å². The molecule has 2 atom stereocenters. The molecule has 0 fully saturated rings. The van der Waals surface area contributed by atoms with Crippen molar-refractivity contribution in [2.75, 3.05) is 47.5 Å². The zero-order chi connectivity index (χ0) is 58.3. The number of carboxylic acids is 1. The summed E-state index contributed by atoms with van der Waals surface area (Å²) in [4.78, 5) is 37.4. The Morgan fingerprint density at radius 2 is 0.713 bits per heavy atom. The van der Waals surface area contributed by atoms with Gasteiger partial charge >= 0.3 is 17.9 Å². The number of ether oxygens (including phenoxy) is 4. The molecule has 0 rings (SSSR count). The number of unbranched alkanes of at least 4 members (excludes halogenated alkanes) is 44. The number of quaternary nitrogens is 1. The topological polar surface area (TPSA) is 108 Å². The van der Waals surface area contributed by atoms with Crippen LogP contribution in [0.1, 0.15) is 341 Å². The molecule has 0 aliphatic carbocycles. The van der Waals surface area contributed by atoms with Crippen molar-refractivity contribution >= 4 is 17.9 Å². The Hall–Kier alpha value is -2.49. The highest BCUT2D eigenvalue weighted by atomic mass is 16.7. The molecule has 0 aromatic rings. The molecule has 80 heavy (non-hydrogen) atoms. The third-order valence-electron chi connectivity index (χ3n) is 15.7. The smallest absolute Gasteiger partial charge is 0.361 e. The van der Waals surface area contributed by atoms with Crippen molar-refractivity contribution in [3.63, 3.8) is 0 Å². The maximum Gasteiger partial charge on any atom is 0.361 e. The lowest BCUT2D eigenvalue weighted by Crippen LogP contribution is -2.40. The van der Waals surface area contributed by atoms with Crippen molar-refractivity contribution in [3.8, 4) is 0 Å². The summed E-state index contributed by atoms with van der Waals surface area (Å²) in [6.07, 6.45) is 75.9. The SMILES string of the molecule is CC/C=C\C/C=C\C/C=C\CCCCCCCC(=O)OC(COC(=O)CCCCCCCCCCCCCCCCCCCCCCCCCCCCCCCCCCCCCCCCCC)COC(OCC[N+](C)(C)C)C(=O)O. The number of esters is 2. The van der Waals surface area contributed by atoms with Gasteiger partial charge in [-0.05, 0) is 44.9 Å². The van der Waals surface area contributed by atoms with E-state index in [1.807, 2.05) is 21.1 Å². The minimum atomic E-state index is -1.51. The Bertz CT molecular complexity index is 1410. The van der Waals surface area contributed by atoms with Crippen LogP contribution >= 0.6 is 0 Å². The van der Waals surface area contributed by atoms with Crippen molar-refractivity contribution in [2.45, 2.75) is 354 Å². The van der Waals surface area contributed by atoms with E-state index >= 15 is 0 Å². The molecule has 0 aliphatic rings. The number of likely N-dealkylation sites (N-methyl/N-ethyl adjacent to an activating group) is 1. The molecule has 470 valence electrons. The molecule has 0 amide bonds. The summed E-state index contributed by atoms with van der Waals surface area (Å²) in [6, 6.07) is 0. The second-order valence-corrected chi connectivity index (χ2v) is 24.8. The number of aliphatic carboxylic acids is 1. The summed E-state index contributed by atoms with van der Waals surface area (Å²) in [6.45, 7) is 4.79. The van der Waals surface area contributed by atoms with Crippen LogP contribution in [0.2, 0.25) is 0 Å². The lowest BCUT2D eigenvalue weighted by atomic mass is 10.0. The van der Waals surface area contributed by atoms with E-state index in [-0.39, 0.29) is 32.2 Å². The highest BCUT2D eigenvalue weighted by Crippen LogP contribution is 2.19. The van der Waals surface area contributed by atoms with Gasteiger partial charge in [0, 0.05) is 12.8 Å². The largest absolute Gasteiger partial charge is 0.477 e. The van der Waals surface area contributed by atoms with Gasteiger partial charge in [-0.3, -0.25) is 9.59 Å². The average Bonchev–Trinajstić information content (AvgIpc) is 3.43. The monoisotopic (exact) mass is 1130 g/mol. The van der Waals surface area contributed by atoms with Gasteiger partial charge in [0.2, 0.25) is 0 Å². The van der Waals surface area contributed by atoms with E-state index in [4.69, 9.17) is 18.9 Å². The highest BCUT2D eigenvalue weighted by molar-refractivity contribution is 5.71. The normalized spacial score (nSPS) is 12.9. The molecule has 0 saturated heterocycles. The Morgan fingerprint density at radius 1 is 0.388 bits per heavy atom. The fraction of sp³-hybridized carbons (Fsp3) is 0.873. The van der Waals surface area contributed by atoms with Crippen LogP contribution in [0.25, 0.3) is 0 Å². The van der Waals surface area contributed by atoms with Gasteiger partial charge in [0.05, 0.1) is 34.4 Å². The number of hydrogen-bond acceptors (Lipinski definition) is 7. The van der Waals surface area contributed by atoms with E-state index in [1.54, 1.807) is 0 Å². The van der Waals surface area contributed by atoms with E-state index < -0.39 is 24.3 Å². The van der Waals surface area contributed by atoms with E-state index in [9.17, 15) is 19.5 Å². The summed E-state index contributed by atoms with van der Waals surface area (Å²) in [5, 5.41) is 9.71. The quantitative estimate of drug-likeness (QED) is 0.0211. The van der Waals surface area contributed by atoms with Gasteiger partial charge in [0.25, 0.3) is 6.29 Å². The van der Waals surface area contributed by atoms with Crippen LogP contribution in [-0.2, 0) is 33.3 Å². The first-order chi connectivity index (χ1) is 39.1. The molecule has 0 heterocycles. The fourth-order valence-corrected chi connectivity index (χ4v) is 10.4. The van der Waals surface area contributed by atoms with Crippen LogP contribution in [0.5, 0.6) is 0 Å². The van der Waals surface area contributed by atoms with Gasteiger partial charge in [-0.1, -0.05) is 320 Å². The van der Waals surface area contributed by atoms with Gasteiger partial charge in [0.15, 0.2) is 6.10 Å². The first-order valence-corrected chi connectivity index (χ1v) is 34.7.